The summed E-state index contributed by atoms with van der Waals surface area (Å²) in [5.74, 6) is 0.370. The first-order valence-electron chi connectivity index (χ1n) is 6.34. The molecule has 0 fully saturated rings. The summed E-state index contributed by atoms with van der Waals surface area (Å²) in [5.41, 5.74) is 0. The van der Waals surface area contributed by atoms with Crippen LogP contribution < -0.4 is 14.8 Å². The molecule has 0 spiro atoms. The number of aliphatic carboxylic acids is 1. The number of carboxylic acid groups (broad SMARTS) is 1. The van der Waals surface area contributed by atoms with E-state index in [0.29, 0.717) is 23.7 Å². The average Bonchev–Trinajstić information content (AvgIpc) is 2.49. The molecule has 0 saturated carbocycles. The van der Waals surface area contributed by atoms with E-state index in [0.717, 1.165) is 0 Å². The molecule has 0 radical (unpaired) electrons. The van der Waals surface area contributed by atoms with Crippen LogP contribution in [0.1, 0.15) is 6.42 Å². The topological polar surface area (TPSA) is 84.9 Å². The minimum atomic E-state index is -1.04. The van der Waals surface area contributed by atoms with Crippen LogP contribution in [-0.4, -0.2) is 48.8 Å². The molecule has 0 aliphatic heterocycles. The fourth-order valence-corrected chi connectivity index (χ4v) is 2.02. The van der Waals surface area contributed by atoms with E-state index in [9.17, 15) is 9.59 Å². The zero-order valence-electron chi connectivity index (χ0n) is 12.0. The minimum absolute atomic E-state index is 0.227. The first kappa shape index (κ1) is 17.2. The number of amides is 1. The summed E-state index contributed by atoms with van der Waals surface area (Å²) >= 11 is 1.53. The maximum absolute atomic E-state index is 11.7. The molecule has 1 aromatic carbocycles. The van der Waals surface area contributed by atoms with Gasteiger partial charge in [-0.25, -0.2) is 4.79 Å². The molecule has 21 heavy (non-hydrogen) atoms. The van der Waals surface area contributed by atoms with Gasteiger partial charge in [0.05, 0.1) is 7.11 Å². The van der Waals surface area contributed by atoms with Crippen molar-refractivity contribution in [3.8, 4) is 11.5 Å². The number of rotatable bonds is 9. The van der Waals surface area contributed by atoms with Gasteiger partial charge in [0.2, 0.25) is 0 Å². The molecule has 1 atom stereocenters. The van der Waals surface area contributed by atoms with Gasteiger partial charge in [-0.3, -0.25) is 4.79 Å². The molecule has 1 amide bonds. The standard InChI is InChI=1S/C14H19NO5S/c1-19-10-3-5-11(6-4-10)20-9-13(16)15-12(14(17)18)7-8-21-2/h3-6,12H,7-9H2,1-2H3,(H,15,16)(H,17,18)/t12-/m1/s1. The van der Waals surface area contributed by atoms with E-state index in [1.165, 1.54) is 11.8 Å². The summed E-state index contributed by atoms with van der Waals surface area (Å²) in [6, 6.07) is 5.89. The van der Waals surface area contributed by atoms with E-state index in [2.05, 4.69) is 5.32 Å². The number of hydrogen-bond acceptors (Lipinski definition) is 5. The Morgan fingerprint density at radius 1 is 1.29 bits per heavy atom. The van der Waals surface area contributed by atoms with Crippen LogP contribution in [0, 0.1) is 0 Å². The molecule has 0 unspecified atom stereocenters. The lowest BCUT2D eigenvalue weighted by Crippen LogP contribution is -2.43. The predicted molar refractivity (Wildman–Crippen MR) is 81.1 cm³/mol. The first-order valence-corrected chi connectivity index (χ1v) is 7.74. The van der Waals surface area contributed by atoms with Gasteiger partial charge in [-0.1, -0.05) is 0 Å². The highest BCUT2D eigenvalue weighted by Crippen LogP contribution is 2.16. The molecule has 0 aliphatic carbocycles. The van der Waals surface area contributed by atoms with Crippen LogP contribution in [0.5, 0.6) is 11.5 Å². The van der Waals surface area contributed by atoms with Crippen molar-refractivity contribution < 1.29 is 24.2 Å². The van der Waals surface area contributed by atoms with Gasteiger partial charge < -0.3 is 19.9 Å². The van der Waals surface area contributed by atoms with Crippen molar-refractivity contribution in [2.75, 3.05) is 25.7 Å². The molecule has 7 heteroatoms. The third-order valence-electron chi connectivity index (χ3n) is 2.67. The van der Waals surface area contributed by atoms with Gasteiger partial charge in [-0.2, -0.15) is 11.8 Å². The molecule has 1 aromatic rings. The quantitative estimate of drug-likeness (QED) is 0.717. The van der Waals surface area contributed by atoms with Gasteiger partial charge in [0, 0.05) is 0 Å². The van der Waals surface area contributed by atoms with Crippen LogP contribution in [-0.2, 0) is 9.59 Å². The highest BCUT2D eigenvalue weighted by atomic mass is 32.2. The summed E-state index contributed by atoms with van der Waals surface area (Å²) in [5, 5.41) is 11.5. The number of ether oxygens (including phenoxy) is 2. The second-order valence-corrected chi connectivity index (χ2v) is 5.19. The SMILES string of the molecule is COc1ccc(OCC(=O)N[C@H](CCSC)C(=O)O)cc1. The number of carbonyl (C=O) groups excluding carboxylic acids is 1. The normalized spacial score (nSPS) is 11.5. The van der Waals surface area contributed by atoms with Crippen LogP contribution in [0.3, 0.4) is 0 Å². The summed E-state index contributed by atoms with van der Waals surface area (Å²) in [4.78, 5) is 22.7. The number of nitrogens with one attached hydrogen (secondary N) is 1. The van der Waals surface area contributed by atoms with Crippen LogP contribution >= 0.6 is 11.8 Å². The Hall–Kier alpha value is -1.89. The molecule has 0 aliphatic rings. The molecular formula is C14H19NO5S. The summed E-state index contributed by atoms with van der Waals surface area (Å²) < 4.78 is 10.3. The molecule has 0 heterocycles. The van der Waals surface area contributed by atoms with E-state index >= 15 is 0 Å². The molecule has 0 bridgehead atoms. The summed E-state index contributed by atoms with van der Waals surface area (Å²) in [6.07, 6.45) is 2.26. The Labute approximate surface area is 127 Å². The number of carbonyl (C=O) groups is 2. The van der Waals surface area contributed by atoms with Crippen molar-refractivity contribution in [3.63, 3.8) is 0 Å². The van der Waals surface area contributed by atoms with Crippen LogP contribution in [0.15, 0.2) is 24.3 Å². The maximum atomic E-state index is 11.7. The summed E-state index contributed by atoms with van der Waals surface area (Å²) in [6.45, 7) is -0.227. The molecule has 0 saturated heterocycles. The lowest BCUT2D eigenvalue weighted by Gasteiger charge is -2.14. The Bertz CT molecular complexity index is 463. The number of carboxylic acids is 1. The second kappa shape index (κ2) is 9.12. The minimum Gasteiger partial charge on any atom is -0.497 e. The average molecular weight is 313 g/mol. The lowest BCUT2D eigenvalue weighted by molar-refractivity contribution is -0.142. The van der Waals surface area contributed by atoms with E-state index in [1.54, 1.807) is 31.4 Å². The Kier molecular flexibility index (Phi) is 7.45. The van der Waals surface area contributed by atoms with Crippen molar-refractivity contribution >= 4 is 23.6 Å². The van der Waals surface area contributed by atoms with Gasteiger partial charge in [0.1, 0.15) is 17.5 Å². The molecule has 6 nitrogen and oxygen atoms in total. The predicted octanol–water partition coefficient (Wildman–Crippen LogP) is 1.40. The molecule has 0 aromatic heterocycles. The lowest BCUT2D eigenvalue weighted by atomic mass is 10.2. The van der Waals surface area contributed by atoms with E-state index in [1.807, 2.05) is 6.26 Å². The number of benzene rings is 1. The van der Waals surface area contributed by atoms with E-state index < -0.39 is 17.9 Å². The van der Waals surface area contributed by atoms with E-state index in [-0.39, 0.29) is 6.61 Å². The van der Waals surface area contributed by atoms with Crippen LogP contribution in [0.2, 0.25) is 0 Å². The van der Waals surface area contributed by atoms with Crippen LogP contribution in [0.4, 0.5) is 0 Å². The van der Waals surface area contributed by atoms with Crippen molar-refractivity contribution in [2.45, 2.75) is 12.5 Å². The Balaban J connectivity index is 2.42. The van der Waals surface area contributed by atoms with E-state index in [4.69, 9.17) is 14.6 Å². The first-order chi connectivity index (χ1) is 10.1. The molecule has 1 rings (SSSR count). The maximum Gasteiger partial charge on any atom is 0.326 e. The number of thioether (sulfide) groups is 1. The van der Waals surface area contributed by atoms with Crippen molar-refractivity contribution in [2.24, 2.45) is 0 Å². The summed E-state index contributed by atoms with van der Waals surface area (Å²) in [7, 11) is 1.56. The van der Waals surface area contributed by atoms with Gasteiger partial charge in [0.15, 0.2) is 6.61 Å². The zero-order valence-corrected chi connectivity index (χ0v) is 12.8. The third kappa shape index (κ3) is 6.40. The fraction of sp³-hybridized carbons (Fsp3) is 0.429. The number of hydrogen-bond donors (Lipinski definition) is 2. The van der Waals surface area contributed by atoms with Crippen LogP contribution in [0.25, 0.3) is 0 Å². The third-order valence-corrected chi connectivity index (χ3v) is 3.32. The molecule has 116 valence electrons. The van der Waals surface area contributed by atoms with Crippen molar-refractivity contribution in [1.29, 1.82) is 0 Å². The zero-order chi connectivity index (χ0) is 15.7. The smallest absolute Gasteiger partial charge is 0.326 e. The largest absolute Gasteiger partial charge is 0.497 e. The fourth-order valence-electron chi connectivity index (χ4n) is 1.55. The van der Waals surface area contributed by atoms with Gasteiger partial charge in [-0.05, 0) is 42.7 Å². The van der Waals surface area contributed by atoms with Gasteiger partial charge in [-0.15, -0.1) is 0 Å². The van der Waals surface area contributed by atoms with Crippen molar-refractivity contribution in [3.05, 3.63) is 24.3 Å². The Morgan fingerprint density at radius 2 is 1.90 bits per heavy atom. The van der Waals surface area contributed by atoms with Gasteiger partial charge in [0.25, 0.3) is 5.91 Å². The second-order valence-electron chi connectivity index (χ2n) is 4.20. The highest BCUT2D eigenvalue weighted by molar-refractivity contribution is 7.98. The Morgan fingerprint density at radius 3 is 2.43 bits per heavy atom. The monoisotopic (exact) mass is 313 g/mol. The number of methoxy groups -OCH3 is 1. The molecule has 2 N–H and O–H groups in total. The molecular weight excluding hydrogens is 294 g/mol. The highest BCUT2D eigenvalue weighted by Gasteiger charge is 2.19. The van der Waals surface area contributed by atoms with Gasteiger partial charge >= 0.3 is 5.97 Å². The van der Waals surface area contributed by atoms with Crippen molar-refractivity contribution in [1.82, 2.24) is 5.32 Å².